The number of nitriles is 1. The number of anilines is 1. The van der Waals surface area contributed by atoms with Crippen LogP contribution < -0.4 is 4.90 Å². The Balaban J connectivity index is 2.06. The first kappa shape index (κ1) is 14.4. The van der Waals surface area contributed by atoms with Crippen molar-refractivity contribution in [3.05, 3.63) is 28.2 Å². The average molecular weight is 349 g/mol. The number of hydrogen-bond acceptors (Lipinski definition) is 3. The van der Waals surface area contributed by atoms with E-state index >= 15 is 0 Å². The van der Waals surface area contributed by atoms with Crippen LogP contribution in [0.15, 0.2) is 22.7 Å². The molecule has 5 heteroatoms. The highest BCUT2D eigenvalue weighted by molar-refractivity contribution is 9.10. The summed E-state index contributed by atoms with van der Waals surface area (Å²) in [7, 11) is 0. The molecule has 2 fully saturated rings. The zero-order chi connectivity index (χ0) is 15.0. The van der Waals surface area contributed by atoms with Gasteiger partial charge >= 0.3 is 5.97 Å². The molecule has 3 atom stereocenters. The molecule has 110 valence electrons. The van der Waals surface area contributed by atoms with Gasteiger partial charge in [0.15, 0.2) is 0 Å². The van der Waals surface area contributed by atoms with Crippen LogP contribution in [0.2, 0.25) is 0 Å². The molecule has 21 heavy (non-hydrogen) atoms. The smallest absolute Gasteiger partial charge is 0.326 e. The Bertz CT molecular complexity index is 611. The summed E-state index contributed by atoms with van der Waals surface area (Å²) in [6.07, 6.45) is 5.13. The van der Waals surface area contributed by atoms with Crippen LogP contribution in [0.4, 0.5) is 5.69 Å². The van der Waals surface area contributed by atoms with Crippen LogP contribution in [0.3, 0.4) is 0 Å². The lowest BCUT2D eigenvalue weighted by molar-refractivity contribution is -0.138. The van der Waals surface area contributed by atoms with Crippen LogP contribution in [-0.2, 0) is 4.79 Å². The number of rotatable bonds is 2. The van der Waals surface area contributed by atoms with Gasteiger partial charge in [0.2, 0.25) is 0 Å². The van der Waals surface area contributed by atoms with Crippen molar-refractivity contribution in [2.75, 3.05) is 4.90 Å². The van der Waals surface area contributed by atoms with Crippen molar-refractivity contribution in [1.82, 2.24) is 0 Å². The van der Waals surface area contributed by atoms with Crippen molar-refractivity contribution in [2.24, 2.45) is 5.92 Å². The van der Waals surface area contributed by atoms with E-state index in [2.05, 4.69) is 22.0 Å². The maximum atomic E-state index is 11.7. The van der Waals surface area contributed by atoms with E-state index in [9.17, 15) is 15.2 Å². The second-order valence-corrected chi connectivity index (χ2v) is 6.80. The van der Waals surface area contributed by atoms with Gasteiger partial charge in [-0.2, -0.15) is 5.26 Å². The molecule has 3 rings (SSSR count). The summed E-state index contributed by atoms with van der Waals surface area (Å²) in [6, 6.07) is 7.40. The van der Waals surface area contributed by atoms with Gasteiger partial charge in [0.1, 0.15) is 12.1 Å². The van der Waals surface area contributed by atoms with Gasteiger partial charge in [-0.15, -0.1) is 0 Å². The first-order valence-corrected chi connectivity index (χ1v) is 8.12. The van der Waals surface area contributed by atoms with Crippen LogP contribution in [0.1, 0.15) is 37.7 Å². The molecule has 1 aromatic rings. The van der Waals surface area contributed by atoms with Gasteiger partial charge in [0, 0.05) is 10.5 Å². The van der Waals surface area contributed by atoms with Gasteiger partial charge in [0.05, 0.1) is 11.3 Å². The molecular formula is C16H17BrN2O2. The third-order valence-corrected chi connectivity index (χ3v) is 5.22. The SMILES string of the molecule is N#Cc1ccc(Br)cc1N1C(C(=O)O)CC2CCCCC21. The predicted molar refractivity (Wildman–Crippen MR) is 83.1 cm³/mol. The van der Waals surface area contributed by atoms with Gasteiger partial charge in [-0.25, -0.2) is 4.79 Å². The standard InChI is InChI=1S/C16H17BrN2O2/c17-12-6-5-11(9-18)14(8-12)19-13-4-2-1-3-10(13)7-15(19)16(20)21/h5-6,8,10,13,15H,1-4,7H2,(H,20,21). The van der Waals surface area contributed by atoms with Crippen LogP contribution in [-0.4, -0.2) is 23.2 Å². The number of carboxylic acid groups (broad SMARTS) is 1. The summed E-state index contributed by atoms with van der Waals surface area (Å²) in [5.41, 5.74) is 1.31. The Morgan fingerprint density at radius 2 is 2.14 bits per heavy atom. The molecule has 1 N–H and O–H groups in total. The minimum absolute atomic E-state index is 0.251. The van der Waals surface area contributed by atoms with Gasteiger partial charge in [0.25, 0.3) is 0 Å². The summed E-state index contributed by atoms with van der Waals surface area (Å²) in [4.78, 5) is 13.7. The average Bonchev–Trinajstić information content (AvgIpc) is 2.86. The molecule has 1 aliphatic heterocycles. The highest BCUT2D eigenvalue weighted by Gasteiger charge is 2.45. The number of carboxylic acids is 1. The molecule has 1 heterocycles. The minimum Gasteiger partial charge on any atom is -0.480 e. The molecule has 1 aromatic carbocycles. The van der Waals surface area contributed by atoms with Crippen LogP contribution in [0.5, 0.6) is 0 Å². The lowest BCUT2D eigenvalue weighted by atomic mass is 9.84. The van der Waals surface area contributed by atoms with Crippen molar-refractivity contribution in [1.29, 1.82) is 5.26 Å². The highest BCUT2D eigenvalue weighted by Crippen LogP contribution is 2.43. The Labute approximate surface area is 132 Å². The second kappa shape index (κ2) is 5.69. The molecule has 4 nitrogen and oxygen atoms in total. The van der Waals surface area contributed by atoms with E-state index in [-0.39, 0.29) is 6.04 Å². The Kier molecular flexibility index (Phi) is 3.90. The molecule has 0 aromatic heterocycles. The Morgan fingerprint density at radius 3 is 2.86 bits per heavy atom. The molecule has 1 saturated carbocycles. The van der Waals surface area contributed by atoms with E-state index in [0.29, 0.717) is 17.9 Å². The van der Waals surface area contributed by atoms with Crippen molar-refractivity contribution in [3.63, 3.8) is 0 Å². The highest BCUT2D eigenvalue weighted by atomic mass is 79.9. The number of aliphatic carboxylic acids is 1. The summed E-state index contributed by atoms with van der Waals surface area (Å²) in [6.45, 7) is 0. The molecule has 2 aliphatic rings. The normalized spacial score (nSPS) is 28.0. The fraction of sp³-hybridized carbons (Fsp3) is 0.500. The van der Waals surface area contributed by atoms with Gasteiger partial charge in [-0.05, 0) is 43.4 Å². The molecule has 0 spiro atoms. The first-order chi connectivity index (χ1) is 10.1. The molecule has 3 unspecified atom stereocenters. The molecule has 0 amide bonds. The van der Waals surface area contributed by atoms with Crippen molar-refractivity contribution >= 4 is 27.6 Å². The van der Waals surface area contributed by atoms with Gasteiger partial charge in [-0.3, -0.25) is 0 Å². The Hall–Kier alpha value is -1.54. The van der Waals surface area contributed by atoms with Crippen LogP contribution >= 0.6 is 15.9 Å². The number of hydrogen-bond donors (Lipinski definition) is 1. The van der Waals surface area contributed by atoms with E-state index in [0.717, 1.165) is 29.4 Å². The number of fused-ring (bicyclic) bond motifs is 1. The largest absolute Gasteiger partial charge is 0.480 e. The van der Waals surface area contributed by atoms with Crippen LogP contribution in [0.25, 0.3) is 0 Å². The first-order valence-electron chi connectivity index (χ1n) is 7.32. The van der Waals surface area contributed by atoms with Crippen molar-refractivity contribution < 1.29 is 9.90 Å². The van der Waals surface area contributed by atoms with Gasteiger partial charge < -0.3 is 10.0 Å². The molecular weight excluding hydrogens is 332 g/mol. The summed E-state index contributed by atoms with van der Waals surface area (Å²) < 4.78 is 0.875. The number of benzene rings is 1. The lowest BCUT2D eigenvalue weighted by Gasteiger charge is -2.35. The third kappa shape index (κ3) is 2.53. The molecule has 1 aliphatic carbocycles. The monoisotopic (exact) mass is 348 g/mol. The number of nitrogens with zero attached hydrogens (tertiary/aromatic N) is 2. The predicted octanol–water partition coefficient (Wildman–Crippen LogP) is 3.54. The number of halogens is 1. The molecule has 0 radical (unpaired) electrons. The maximum absolute atomic E-state index is 11.7. The topological polar surface area (TPSA) is 64.3 Å². The van der Waals surface area contributed by atoms with Crippen molar-refractivity contribution in [2.45, 2.75) is 44.2 Å². The van der Waals surface area contributed by atoms with E-state index in [1.807, 2.05) is 17.0 Å². The number of carbonyl (C=O) groups is 1. The third-order valence-electron chi connectivity index (χ3n) is 4.73. The maximum Gasteiger partial charge on any atom is 0.326 e. The fourth-order valence-electron chi connectivity index (χ4n) is 3.84. The van der Waals surface area contributed by atoms with E-state index in [1.54, 1.807) is 6.07 Å². The zero-order valence-corrected chi connectivity index (χ0v) is 13.2. The van der Waals surface area contributed by atoms with E-state index in [4.69, 9.17) is 0 Å². The van der Waals surface area contributed by atoms with Crippen molar-refractivity contribution in [3.8, 4) is 6.07 Å². The van der Waals surface area contributed by atoms with E-state index < -0.39 is 12.0 Å². The quantitative estimate of drug-likeness (QED) is 0.887. The fourth-order valence-corrected chi connectivity index (χ4v) is 4.19. The van der Waals surface area contributed by atoms with E-state index in [1.165, 1.54) is 6.42 Å². The lowest BCUT2D eigenvalue weighted by Crippen LogP contribution is -2.42. The van der Waals surface area contributed by atoms with Crippen LogP contribution in [0, 0.1) is 17.2 Å². The van der Waals surface area contributed by atoms with Gasteiger partial charge in [-0.1, -0.05) is 28.8 Å². The minimum atomic E-state index is -0.784. The second-order valence-electron chi connectivity index (χ2n) is 5.88. The summed E-state index contributed by atoms with van der Waals surface area (Å²) in [5.74, 6) is -0.348. The molecule has 1 saturated heterocycles. The molecule has 0 bridgehead atoms. The summed E-state index contributed by atoms with van der Waals surface area (Å²) in [5, 5.41) is 18.9. The Morgan fingerprint density at radius 1 is 1.38 bits per heavy atom. The summed E-state index contributed by atoms with van der Waals surface area (Å²) >= 11 is 3.43. The zero-order valence-electron chi connectivity index (χ0n) is 11.6.